The summed E-state index contributed by atoms with van der Waals surface area (Å²) in [4.78, 5) is 26.3. The number of hydrogen-bond acceptors (Lipinski definition) is 3. The summed E-state index contributed by atoms with van der Waals surface area (Å²) in [6.45, 7) is 8.67. The van der Waals surface area contributed by atoms with E-state index in [2.05, 4.69) is 20.8 Å². The van der Waals surface area contributed by atoms with Crippen molar-refractivity contribution in [2.75, 3.05) is 13.7 Å². The van der Waals surface area contributed by atoms with Gasteiger partial charge in [0.1, 0.15) is 0 Å². The minimum absolute atomic E-state index is 0.180. The first kappa shape index (κ1) is 18.0. The predicted octanol–water partition coefficient (Wildman–Crippen LogP) is 3.25. The number of carbonyl (C=O) groups is 2. The van der Waals surface area contributed by atoms with Gasteiger partial charge >= 0.3 is 5.97 Å². The fourth-order valence-corrected chi connectivity index (χ4v) is 3.22. The fraction of sp³-hybridized carbons (Fsp3) is 0.882. The molecule has 0 aromatic heterocycles. The van der Waals surface area contributed by atoms with Gasteiger partial charge < -0.3 is 9.64 Å². The highest BCUT2D eigenvalue weighted by Gasteiger charge is 2.32. The molecule has 0 spiro atoms. The van der Waals surface area contributed by atoms with Gasteiger partial charge in [0.15, 0.2) is 0 Å². The maximum atomic E-state index is 12.6. The summed E-state index contributed by atoms with van der Waals surface area (Å²) in [5.74, 6) is 0.535. The summed E-state index contributed by atoms with van der Waals surface area (Å²) in [5, 5.41) is 0. The molecule has 0 aromatic rings. The third-order valence-electron chi connectivity index (χ3n) is 4.44. The molecule has 3 unspecified atom stereocenters. The third-order valence-corrected chi connectivity index (χ3v) is 4.44. The van der Waals surface area contributed by atoms with Crippen LogP contribution in [0.5, 0.6) is 0 Å². The number of nitrogens with zero attached hydrogens (tertiary/aromatic N) is 1. The minimum atomic E-state index is -0.264. The van der Waals surface area contributed by atoms with Gasteiger partial charge in [0.2, 0.25) is 5.91 Å². The summed E-state index contributed by atoms with van der Waals surface area (Å²) >= 11 is 0. The average molecular weight is 297 g/mol. The second kappa shape index (κ2) is 8.40. The molecule has 4 nitrogen and oxygen atoms in total. The van der Waals surface area contributed by atoms with Crippen LogP contribution in [0, 0.1) is 17.8 Å². The van der Waals surface area contributed by atoms with E-state index in [9.17, 15) is 9.59 Å². The lowest BCUT2D eigenvalue weighted by Gasteiger charge is -2.40. The Kier molecular flexibility index (Phi) is 7.20. The first-order valence-corrected chi connectivity index (χ1v) is 8.24. The zero-order chi connectivity index (χ0) is 16.0. The number of carbonyl (C=O) groups excluding carboxylic acids is 2. The van der Waals surface area contributed by atoms with E-state index in [0.29, 0.717) is 24.8 Å². The van der Waals surface area contributed by atoms with E-state index in [1.54, 1.807) is 0 Å². The Labute approximate surface area is 129 Å². The molecule has 122 valence electrons. The molecule has 0 radical (unpaired) electrons. The number of hydrogen-bond donors (Lipinski definition) is 0. The van der Waals surface area contributed by atoms with Crippen LogP contribution < -0.4 is 0 Å². The predicted molar refractivity (Wildman–Crippen MR) is 83.8 cm³/mol. The van der Waals surface area contributed by atoms with E-state index >= 15 is 0 Å². The van der Waals surface area contributed by atoms with Crippen molar-refractivity contribution in [3.05, 3.63) is 0 Å². The van der Waals surface area contributed by atoms with Gasteiger partial charge in [-0.05, 0) is 24.7 Å². The molecule has 0 aliphatic heterocycles. The summed E-state index contributed by atoms with van der Waals surface area (Å²) in [6.07, 6.45) is 5.20. The monoisotopic (exact) mass is 297 g/mol. The van der Waals surface area contributed by atoms with Gasteiger partial charge in [-0.15, -0.1) is 0 Å². The van der Waals surface area contributed by atoms with Crippen LogP contribution in [0.25, 0.3) is 0 Å². The Morgan fingerprint density at radius 1 is 1.19 bits per heavy atom. The zero-order valence-electron chi connectivity index (χ0n) is 14.2. The van der Waals surface area contributed by atoms with E-state index in [1.807, 2.05) is 11.8 Å². The van der Waals surface area contributed by atoms with Crippen LogP contribution in [0.3, 0.4) is 0 Å². The molecule has 1 rings (SSSR count). The second-order valence-corrected chi connectivity index (χ2v) is 6.90. The number of methoxy groups -OCH3 is 1. The van der Waals surface area contributed by atoms with Gasteiger partial charge in [-0.3, -0.25) is 9.59 Å². The first-order chi connectivity index (χ1) is 9.86. The topological polar surface area (TPSA) is 46.6 Å². The van der Waals surface area contributed by atoms with Crippen LogP contribution in [0.1, 0.15) is 59.8 Å². The highest BCUT2D eigenvalue weighted by atomic mass is 16.5. The molecule has 3 atom stereocenters. The van der Waals surface area contributed by atoms with E-state index in [4.69, 9.17) is 4.74 Å². The van der Waals surface area contributed by atoms with Crippen molar-refractivity contribution in [1.29, 1.82) is 0 Å². The summed E-state index contributed by atoms with van der Waals surface area (Å²) in [6, 6.07) is 0.275. The van der Waals surface area contributed by atoms with Crippen molar-refractivity contribution in [2.24, 2.45) is 17.8 Å². The average Bonchev–Trinajstić information content (AvgIpc) is 2.43. The number of rotatable bonds is 6. The quantitative estimate of drug-likeness (QED) is 0.707. The van der Waals surface area contributed by atoms with Crippen molar-refractivity contribution < 1.29 is 14.3 Å². The zero-order valence-corrected chi connectivity index (χ0v) is 14.2. The largest absolute Gasteiger partial charge is 0.469 e. The Morgan fingerprint density at radius 3 is 2.33 bits per heavy atom. The van der Waals surface area contributed by atoms with Crippen molar-refractivity contribution in [3.63, 3.8) is 0 Å². The lowest BCUT2D eigenvalue weighted by molar-refractivity contribution is -0.147. The molecule has 1 aliphatic rings. The summed E-state index contributed by atoms with van der Waals surface area (Å²) in [7, 11) is 1.41. The third kappa shape index (κ3) is 5.33. The molecule has 1 saturated carbocycles. The Morgan fingerprint density at radius 2 is 1.81 bits per heavy atom. The highest BCUT2D eigenvalue weighted by molar-refractivity contribution is 5.78. The van der Waals surface area contributed by atoms with E-state index in [1.165, 1.54) is 26.4 Å². The van der Waals surface area contributed by atoms with Crippen LogP contribution in [-0.2, 0) is 14.3 Å². The molecule has 21 heavy (non-hydrogen) atoms. The fourth-order valence-electron chi connectivity index (χ4n) is 3.22. The maximum absolute atomic E-state index is 12.6. The SMILES string of the molecule is COC(=O)C(C)CN(C(=O)CC(C)C)C1CCCCC1C. The van der Waals surface area contributed by atoms with Crippen molar-refractivity contribution in [1.82, 2.24) is 4.90 Å². The van der Waals surface area contributed by atoms with Crippen molar-refractivity contribution in [3.8, 4) is 0 Å². The molecule has 0 bridgehead atoms. The van der Waals surface area contributed by atoms with Crippen LogP contribution >= 0.6 is 0 Å². The molecule has 1 fully saturated rings. The molecule has 0 heterocycles. The molecule has 0 saturated heterocycles. The van der Waals surface area contributed by atoms with Gasteiger partial charge in [-0.1, -0.05) is 40.5 Å². The molecule has 4 heteroatoms. The van der Waals surface area contributed by atoms with Crippen LogP contribution in [0.2, 0.25) is 0 Å². The lowest BCUT2D eigenvalue weighted by atomic mass is 9.84. The van der Waals surface area contributed by atoms with Crippen LogP contribution in [0.4, 0.5) is 0 Å². The molecule has 1 amide bonds. The first-order valence-electron chi connectivity index (χ1n) is 8.24. The van der Waals surface area contributed by atoms with Gasteiger partial charge in [-0.25, -0.2) is 0 Å². The molecular weight excluding hydrogens is 266 g/mol. The van der Waals surface area contributed by atoms with Gasteiger partial charge in [0, 0.05) is 19.0 Å². The number of ether oxygens (including phenoxy) is 1. The lowest BCUT2D eigenvalue weighted by Crippen LogP contribution is -2.48. The molecule has 0 aromatic carbocycles. The van der Waals surface area contributed by atoms with Crippen molar-refractivity contribution in [2.45, 2.75) is 65.8 Å². The molecule has 1 aliphatic carbocycles. The normalized spacial score (nSPS) is 23.7. The van der Waals surface area contributed by atoms with Gasteiger partial charge in [-0.2, -0.15) is 0 Å². The maximum Gasteiger partial charge on any atom is 0.310 e. The highest BCUT2D eigenvalue weighted by Crippen LogP contribution is 2.29. The van der Waals surface area contributed by atoms with E-state index in [-0.39, 0.29) is 23.8 Å². The summed E-state index contributed by atoms with van der Waals surface area (Å²) in [5.41, 5.74) is 0. The second-order valence-electron chi connectivity index (χ2n) is 6.90. The van der Waals surface area contributed by atoms with Gasteiger partial charge in [0.25, 0.3) is 0 Å². The minimum Gasteiger partial charge on any atom is -0.469 e. The summed E-state index contributed by atoms with van der Waals surface area (Å²) < 4.78 is 4.81. The Bertz CT molecular complexity index is 354. The van der Waals surface area contributed by atoms with E-state index in [0.717, 1.165) is 6.42 Å². The smallest absolute Gasteiger partial charge is 0.310 e. The Hall–Kier alpha value is -1.06. The number of esters is 1. The van der Waals surface area contributed by atoms with Crippen LogP contribution in [-0.4, -0.2) is 36.5 Å². The Balaban J connectivity index is 2.82. The molecule has 0 N–H and O–H groups in total. The number of amides is 1. The molecular formula is C17H31NO3. The van der Waals surface area contributed by atoms with Gasteiger partial charge in [0.05, 0.1) is 13.0 Å². The standard InChI is InChI=1S/C17H31NO3/c1-12(2)10-16(19)18(11-14(4)17(20)21-5)15-9-7-6-8-13(15)3/h12-15H,6-11H2,1-5H3. The van der Waals surface area contributed by atoms with E-state index < -0.39 is 0 Å². The van der Waals surface area contributed by atoms with Crippen molar-refractivity contribution >= 4 is 11.9 Å². The van der Waals surface area contributed by atoms with Crippen LogP contribution in [0.15, 0.2) is 0 Å².